The van der Waals surface area contributed by atoms with Crippen LogP contribution in [0.1, 0.15) is 0 Å². The SMILES string of the molecule is c1ccc(-n2c(-c3ccc4cc(-c5ccc6c(-c7ccc8ccccc8c7)c7ccccc7c(-c7ccc8ccccc8c7)c6c5)ccc4c3)cc3ccccc32)cc1. The lowest BCUT2D eigenvalue weighted by Gasteiger charge is -2.19. The minimum atomic E-state index is 1.16. The van der Waals surface area contributed by atoms with Gasteiger partial charge in [-0.1, -0.05) is 170 Å². The number of fused-ring (bicyclic) bond motifs is 6. The molecule has 1 nitrogen and oxygen atoms in total. The molecule has 0 fully saturated rings. The summed E-state index contributed by atoms with van der Waals surface area (Å²) in [5, 5.41) is 13.7. The summed E-state index contributed by atoms with van der Waals surface area (Å²) in [6, 6.07) is 82.8. The molecular formula is C58H37N. The molecule has 11 aromatic carbocycles. The fraction of sp³-hybridized carbons (Fsp3) is 0. The van der Waals surface area contributed by atoms with E-state index >= 15 is 0 Å². The van der Waals surface area contributed by atoms with Gasteiger partial charge in [0.05, 0.1) is 11.2 Å². The van der Waals surface area contributed by atoms with Crippen LogP contribution in [0.5, 0.6) is 0 Å². The van der Waals surface area contributed by atoms with E-state index in [1.165, 1.54) is 109 Å². The molecule has 0 radical (unpaired) electrons. The third-order valence-electron chi connectivity index (χ3n) is 12.3. The predicted molar refractivity (Wildman–Crippen MR) is 253 cm³/mol. The van der Waals surface area contributed by atoms with Gasteiger partial charge in [0, 0.05) is 11.1 Å². The molecule has 0 bridgehead atoms. The second kappa shape index (κ2) is 13.4. The van der Waals surface area contributed by atoms with Crippen LogP contribution < -0.4 is 0 Å². The Labute approximate surface area is 342 Å². The number of benzene rings is 11. The third kappa shape index (κ3) is 5.55. The molecule has 1 aromatic heterocycles. The summed E-state index contributed by atoms with van der Waals surface area (Å²) in [4.78, 5) is 0. The molecule has 1 heteroatoms. The first-order chi connectivity index (χ1) is 29.2. The van der Waals surface area contributed by atoms with Crippen molar-refractivity contribution in [2.75, 3.05) is 0 Å². The molecule has 12 rings (SSSR count). The number of para-hydroxylation sites is 2. The maximum absolute atomic E-state index is 2.44. The van der Waals surface area contributed by atoms with Crippen LogP contribution in [0, 0.1) is 0 Å². The fourth-order valence-electron chi connectivity index (χ4n) is 9.48. The van der Waals surface area contributed by atoms with Gasteiger partial charge in [-0.25, -0.2) is 0 Å². The van der Waals surface area contributed by atoms with Gasteiger partial charge in [-0.2, -0.15) is 0 Å². The van der Waals surface area contributed by atoms with Gasteiger partial charge in [-0.3, -0.25) is 0 Å². The topological polar surface area (TPSA) is 4.93 Å². The number of hydrogen-bond donors (Lipinski definition) is 0. The van der Waals surface area contributed by atoms with Gasteiger partial charge in [0.1, 0.15) is 0 Å². The van der Waals surface area contributed by atoms with Crippen LogP contribution in [0.3, 0.4) is 0 Å². The van der Waals surface area contributed by atoms with Gasteiger partial charge in [-0.15, -0.1) is 0 Å². The van der Waals surface area contributed by atoms with E-state index in [4.69, 9.17) is 0 Å². The van der Waals surface area contributed by atoms with Crippen molar-refractivity contribution < 1.29 is 0 Å². The summed E-state index contributed by atoms with van der Waals surface area (Å²) in [5.74, 6) is 0. The fourth-order valence-corrected chi connectivity index (χ4v) is 9.48. The first-order valence-electron chi connectivity index (χ1n) is 20.4. The zero-order valence-electron chi connectivity index (χ0n) is 32.3. The molecule has 0 spiro atoms. The van der Waals surface area contributed by atoms with Gasteiger partial charge < -0.3 is 4.57 Å². The van der Waals surface area contributed by atoms with E-state index in [1.54, 1.807) is 0 Å². The van der Waals surface area contributed by atoms with Gasteiger partial charge in [0.2, 0.25) is 0 Å². The Balaban J connectivity index is 1.05. The lowest BCUT2D eigenvalue weighted by atomic mass is 9.84. The lowest BCUT2D eigenvalue weighted by Crippen LogP contribution is -1.96. The molecule has 59 heavy (non-hydrogen) atoms. The van der Waals surface area contributed by atoms with Crippen molar-refractivity contribution in [1.29, 1.82) is 0 Å². The van der Waals surface area contributed by atoms with Crippen molar-refractivity contribution in [3.05, 3.63) is 224 Å². The van der Waals surface area contributed by atoms with Crippen LogP contribution in [-0.2, 0) is 0 Å². The summed E-state index contributed by atoms with van der Waals surface area (Å²) in [6.07, 6.45) is 0. The van der Waals surface area contributed by atoms with Crippen molar-refractivity contribution in [2.45, 2.75) is 0 Å². The first-order valence-corrected chi connectivity index (χ1v) is 20.4. The van der Waals surface area contributed by atoms with Crippen molar-refractivity contribution in [2.24, 2.45) is 0 Å². The van der Waals surface area contributed by atoms with E-state index in [0.717, 1.165) is 5.69 Å². The maximum Gasteiger partial charge on any atom is 0.0541 e. The van der Waals surface area contributed by atoms with Crippen molar-refractivity contribution in [1.82, 2.24) is 4.57 Å². The van der Waals surface area contributed by atoms with E-state index in [9.17, 15) is 0 Å². The molecule has 12 aromatic rings. The second-order valence-electron chi connectivity index (χ2n) is 15.7. The molecule has 0 saturated carbocycles. The van der Waals surface area contributed by atoms with Gasteiger partial charge in [-0.05, 0) is 147 Å². The highest BCUT2D eigenvalue weighted by molar-refractivity contribution is 6.22. The van der Waals surface area contributed by atoms with E-state index in [-0.39, 0.29) is 0 Å². The van der Waals surface area contributed by atoms with E-state index in [2.05, 4.69) is 229 Å². The summed E-state index contributed by atoms with van der Waals surface area (Å²) < 4.78 is 2.38. The van der Waals surface area contributed by atoms with Gasteiger partial charge in [0.25, 0.3) is 0 Å². The molecule has 0 atom stereocenters. The zero-order valence-corrected chi connectivity index (χ0v) is 32.3. The molecule has 0 amide bonds. The summed E-state index contributed by atoms with van der Waals surface area (Å²) >= 11 is 0. The number of aromatic nitrogens is 1. The van der Waals surface area contributed by atoms with Crippen LogP contribution in [0.25, 0.3) is 115 Å². The summed E-state index contributed by atoms with van der Waals surface area (Å²) in [7, 11) is 0. The number of hydrogen-bond acceptors (Lipinski definition) is 0. The zero-order chi connectivity index (χ0) is 38.9. The average molecular weight is 748 g/mol. The van der Waals surface area contributed by atoms with Crippen LogP contribution in [-0.4, -0.2) is 4.57 Å². The molecule has 0 aliphatic carbocycles. The van der Waals surface area contributed by atoms with Crippen LogP contribution in [0.15, 0.2) is 224 Å². The molecule has 1 heterocycles. The monoisotopic (exact) mass is 747 g/mol. The number of nitrogens with zero attached hydrogens (tertiary/aromatic N) is 1. The van der Waals surface area contributed by atoms with Crippen molar-refractivity contribution >= 4 is 64.8 Å². The molecule has 0 unspecified atom stereocenters. The van der Waals surface area contributed by atoms with Crippen LogP contribution in [0.2, 0.25) is 0 Å². The molecule has 0 N–H and O–H groups in total. The third-order valence-corrected chi connectivity index (χ3v) is 12.3. The molecular weight excluding hydrogens is 711 g/mol. The molecule has 0 saturated heterocycles. The molecule has 0 aliphatic rings. The summed E-state index contributed by atoms with van der Waals surface area (Å²) in [6.45, 7) is 0. The quantitative estimate of drug-likeness (QED) is 0.155. The second-order valence-corrected chi connectivity index (χ2v) is 15.7. The Kier molecular flexibility index (Phi) is 7.61. The highest BCUT2D eigenvalue weighted by Crippen LogP contribution is 2.46. The van der Waals surface area contributed by atoms with Gasteiger partial charge in [0.15, 0.2) is 0 Å². The normalized spacial score (nSPS) is 11.7. The largest absolute Gasteiger partial charge is 0.309 e. The Hall–Kier alpha value is -7.74. The van der Waals surface area contributed by atoms with Crippen molar-refractivity contribution in [3.8, 4) is 50.3 Å². The van der Waals surface area contributed by atoms with Crippen LogP contribution >= 0.6 is 0 Å². The first kappa shape index (κ1) is 33.4. The Bertz CT molecular complexity index is 3610. The van der Waals surface area contributed by atoms with Crippen molar-refractivity contribution in [3.63, 3.8) is 0 Å². The minimum Gasteiger partial charge on any atom is -0.309 e. The van der Waals surface area contributed by atoms with Gasteiger partial charge >= 0.3 is 0 Å². The highest BCUT2D eigenvalue weighted by atomic mass is 15.0. The lowest BCUT2D eigenvalue weighted by molar-refractivity contribution is 1.14. The molecule has 0 aliphatic heterocycles. The smallest absolute Gasteiger partial charge is 0.0541 e. The number of rotatable bonds is 5. The summed E-state index contributed by atoms with van der Waals surface area (Å²) in [5.41, 5.74) is 12.2. The Morgan fingerprint density at radius 1 is 0.237 bits per heavy atom. The highest BCUT2D eigenvalue weighted by Gasteiger charge is 2.19. The average Bonchev–Trinajstić information content (AvgIpc) is 3.70. The predicted octanol–water partition coefficient (Wildman–Crippen LogP) is 16.1. The molecule has 274 valence electrons. The minimum absolute atomic E-state index is 1.16. The maximum atomic E-state index is 2.44. The van der Waals surface area contributed by atoms with E-state index < -0.39 is 0 Å². The van der Waals surface area contributed by atoms with E-state index in [0.29, 0.717) is 0 Å². The van der Waals surface area contributed by atoms with E-state index in [1.807, 2.05) is 0 Å². The standard InChI is InChI=1S/C58H37N/c1-2-17-50(18-3-1)59-55-21-11-8-16-46(55)37-56(59)47-27-26-42-32-43(24-25-44(42)33-47)45-30-31-53-54(36-45)58(49-29-23-39-13-5-7-15-41(39)35-49)52-20-10-9-19-51(52)57(53)48-28-22-38-12-4-6-14-40(38)34-48/h1-37H. The Morgan fingerprint density at radius 2 is 0.661 bits per heavy atom. The van der Waals surface area contributed by atoms with Crippen LogP contribution in [0.4, 0.5) is 0 Å². The Morgan fingerprint density at radius 3 is 1.34 bits per heavy atom.